The van der Waals surface area contributed by atoms with E-state index in [1.165, 1.54) is 12.2 Å². The van der Waals surface area contributed by atoms with Crippen LogP contribution in [0, 0.1) is 0 Å². The molecule has 0 aromatic carbocycles. The lowest BCUT2D eigenvalue weighted by Gasteiger charge is -2.21. The third-order valence-electron chi connectivity index (χ3n) is 2.34. The smallest absolute Gasteiger partial charge is 0.306 e. The van der Waals surface area contributed by atoms with Gasteiger partial charge in [-0.1, -0.05) is 12.2 Å². The monoisotopic (exact) mass is 216 g/mol. The van der Waals surface area contributed by atoms with E-state index in [4.69, 9.17) is 4.74 Å². The summed E-state index contributed by atoms with van der Waals surface area (Å²) in [5.74, 6) is -0.483. The zero-order chi connectivity index (χ0) is 11.4. The van der Waals surface area contributed by atoms with Crippen molar-refractivity contribution in [2.24, 2.45) is 0 Å². The molecule has 0 aromatic rings. The van der Waals surface area contributed by atoms with Crippen LogP contribution in [0.25, 0.3) is 0 Å². The molecule has 1 heterocycles. The largest absolute Gasteiger partial charge is 0.460 e. The van der Waals surface area contributed by atoms with Gasteiger partial charge in [-0.3, -0.25) is 4.79 Å². The second-order valence-electron chi connectivity index (χ2n) is 3.67. The number of cyclic esters (lactones) is 1. The van der Waals surface area contributed by atoms with Gasteiger partial charge in [-0.2, -0.15) is 0 Å². The average molecular weight is 216 g/mol. The fraction of sp³-hybridized carbons (Fsp3) is 0.700. The van der Waals surface area contributed by atoms with Crippen LogP contribution in [0.2, 0.25) is 0 Å². The van der Waals surface area contributed by atoms with E-state index in [0.717, 1.165) is 0 Å². The number of rotatable bonds is 0. The number of esters is 1. The van der Waals surface area contributed by atoms with Crippen LogP contribution in [-0.2, 0) is 9.53 Å². The van der Waals surface area contributed by atoms with Gasteiger partial charge in [0.2, 0.25) is 0 Å². The normalized spacial score (nSPS) is 40.7. The summed E-state index contributed by atoms with van der Waals surface area (Å²) in [5, 5.41) is 28.2. The van der Waals surface area contributed by atoms with Crippen molar-refractivity contribution in [3.63, 3.8) is 0 Å². The van der Waals surface area contributed by atoms with Gasteiger partial charge in [-0.15, -0.1) is 0 Å². The Bertz CT molecular complexity index is 250. The Kier molecular flexibility index (Phi) is 4.26. The molecule has 0 bridgehead atoms. The lowest BCUT2D eigenvalue weighted by molar-refractivity contribution is -0.153. The van der Waals surface area contributed by atoms with E-state index >= 15 is 0 Å². The van der Waals surface area contributed by atoms with Gasteiger partial charge in [0.15, 0.2) is 0 Å². The first kappa shape index (κ1) is 12.2. The van der Waals surface area contributed by atoms with Gasteiger partial charge in [-0.05, 0) is 13.3 Å². The standard InChI is InChI=1S/C10H16O5/c1-6-7(11)2-3-8(12)9(13)4-5-10(14)15-6/h2-3,6-9,11-13H,4-5H2,1H3/b3-2-/t6-,7+,8+,9-/m1/s1. The number of hydrogen-bond acceptors (Lipinski definition) is 5. The van der Waals surface area contributed by atoms with Crippen molar-refractivity contribution >= 4 is 5.97 Å². The fourth-order valence-corrected chi connectivity index (χ4v) is 1.28. The molecule has 1 rings (SSSR count). The molecule has 5 nitrogen and oxygen atoms in total. The zero-order valence-electron chi connectivity index (χ0n) is 8.54. The minimum atomic E-state index is -1.06. The fourth-order valence-electron chi connectivity index (χ4n) is 1.28. The first-order chi connectivity index (χ1) is 7.00. The molecule has 0 aliphatic carbocycles. The van der Waals surface area contributed by atoms with E-state index in [-0.39, 0.29) is 12.8 Å². The average Bonchev–Trinajstić information content (AvgIpc) is 2.20. The van der Waals surface area contributed by atoms with E-state index in [9.17, 15) is 20.1 Å². The Morgan fingerprint density at radius 1 is 1.27 bits per heavy atom. The predicted octanol–water partition coefficient (Wildman–Crippen LogP) is -0.649. The molecule has 0 amide bonds. The first-order valence-electron chi connectivity index (χ1n) is 4.92. The SMILES string of the molecule is C[C@H]1OC(=O)CC[C@@H](O)[C@@H](O)/C=C\[C@@H]1O. The minimum absolute atomic E-state index is 0.0309. The predicted molar refractivity (Wildman–Crippen MR) is 51.9 cm³/mol. The Balaban J connectivity index is 2.73. The molecule has 5 heteroatoms. The number of hydrogen-bond donors (Lipinski definition) is 3. The van der Waals surface area contributed by atoms with Gasteiger partial charge in [0, 0.05) is 6.42 Å². The number of carbonyl (C=O) groups excluding carboxylic acids is 1. The number of aliphatic hydroxyl groups excluding tert-OH is 3. The van der Waals surface area contributed by atoms with Crippen LogP contribution in [0.15, 0.2) is 12.2 Å². The summed E-state index contributed by atoms with van der Waals surface area (Å²) in [5.41, 5.74) is 0. The Hall–Kier alpha value is -0.910. The quantitative estimate of drug-likeness (QED) is 0.370. The van der Waals surface area contributed by atoms with Crippen LogP contribution in [0.4, 0.5) is 0 Å². The van der Waals surface area contributed by atoms with E-state index in [1.54, 1.807) is 6.92 Å². The van der Waals surface area contributed by atoms with Crippen LogP contribution >= 0.6 is 0 Å². The van der Waals surface area contributed by atoms with Crippen molar-refractivity contribution in [2.75, 3.05) is 0 Å². The Morgan fingerprint density at radius 2 is 1.87 bits per heavy atom. The molecular weight excluding hydrogens is 200 g/mol. The lowest BCUT2D eigenvalue weighted by atomic mass is 10.1. The van der Waals surface area contributed by atoms with Crippen molar-refractivity contribution in [1.29, 1.82) is 0 Å². The highest BCUT2D eigenvalue weighted by Gasteiger charge is 2.22. The van der Waals surface area contributed by atoms with E-state index in [1.807, 2.05) is 0 Å². The maximum Gasteiger partial charge on any atom is 0.306 e. The summed E-state index contributed by atoms with van der Waals surface area (Å²) in [7, 11) is 0. The zero-order valence-corrected chi connectivity index (χ0v) is 8.54. The van der Waals surface area contributed by atoms with Crippen molar-refractivity contribution in [3.8, 4) is 0 Å². The van der Waals surface area contributed by atoms with Crippen molar-refractivity contribution in [3.05, 3.63) is 12.2 Å². The molecule has 4 atom stereocenters. The summed E-state index contributed by atoms with van der Waals surface area (Å²) < 4.78 is 4.89. The number of aliphatic hydroxyl groups is 3. The maximum atomic E-state index is 11.2. The molecule has 0 unspecified atom stereocenters. The number of ether oxygens (including phenoxy) is 1. The lowest BCUT2D eigenvalue weighted by Crippen LogP contribution is -2.31. The van der Waals surface area contributed by atoms with Crippen LogP contribution < -0.4 is 0 Å². The van der Waals surface area contributed by atoms with Gasteiger partial charge in [0.1, 0.15) is 12.2 Å². The molecule has 0 fully saturated rings. The molecule has 0 aromatic heterocycles. The van der Waals surface area contributed by atoms with Crippen LogP contribution in [0.3, 0.4) is 0 Å². The first-order valence-corrected chi connectivity index (χ1v) is 4.92. The Labute approximate surface area is 88.0 Å². The minimum Gasteiger partial charge on any atom is -0.460 e. The molecule has 0 radical (unpaired) electrons. The summed E-state index contributed by atoms with van der Waals surface area (Å²) in [6.45, 7) is 1.57. The summed E-state index contributed by atoms with van der Waals surface area (Å²) in [6.07, 6.45) is -0.865. The molecular formula is C10H16O5. The van der Waals surface area contributed by atoms with Gasteiger partial charge in [0.25, 0.3) is 0 Å². The molecule has 0 saturated carbocycles. The molecule has 0 saturated heterocycles. The third kappa shape index (κ3) is 3.62. The third-order valence-corrected chi connectivity index (χ3v) is 2.34. The molecule has 0 spiro atoms. The maximum absolute atomic E-state index is 11.2. The second kappa shape index (κ2) is 5.25. The van der Waals surface area contributed by atoms with Gasteiger partial charge >= 0.3 is 5.97 Å². The molecule has 3 N–H and O–H groups in total. The van der Waals surface area contributed by atoms with E-state index in [2.05, 4.69) is 0 Å². The van der Waals surface area contributed by atoms with Crippen LogP contribution in [0.1, 0.15) is 19.8 Å². The van der Waals surface area contributed by atoms with Gasteiger partial charge in [0.05, 0.1) is 12.2 Å². The Morgan fingerprint density at radius 3 is 2.53 bits per heavy atom. The number of carbonyl (C=O) groups is 1. The summed E-state index contributed by atoms with van der Waals surface area (Å²) in [4.78, 5) is 11.2. The molecule has 1 aliphatic rings. The molecule has 86 valence electrons. The molecule has 15 heavy (non-hydrogen) atoms. The highest BCUT2D eigenvalue weighted by molar-refractivity contribution is 5.69. The molecule has 1 aliphatic heterocycles. The van der Waals surface area contributed by atoms with Crippen molar-refractivity contribution in [1.82, 2.24) is 0 Å². The van der Waals surface area contributed by atoms with E-state index < -0.39 is 30.4 Å². The second-order valence-corrected chi connectivity index (χ2v) is 3.67. The van der Waals surface area contributed by atoms with E-state index in [0.29, 0.717) is 0 Å². The highest BCUT2D eigenvalue weighted by atomic mass is 16.6. The van der Waals surface area contributed by atoms with Gasteiger partial charge in [-0.25, -0.2) is 0 Å². The summed E-state index contributed by atoms with van der Waals surface area (Å²) >= 11 is 0. The summed E-state index contributed by atoms with van der Waals surface area (Å²) in [6, 6.07) is 0. The van der Waals surface area contributed by atoms with Crippen molar-refractivity contribution in [2.45, 2.75) is 44.2 Å². The highest BCUT2D eigenvalue weighted by Crippen LogP contribution is 2.11. The van der Waals surface area contributed by atoms with Crippen LogP contribution in [0.5, 0.6) is 0 Å². The van der Waals surface area contributed by atoms with Crippen molar-refractivity contribution < 1.29 is 24.9 Å². The van der Waals surface area contributed by atoms with Crippen LogP contribution in [-0.4, -0.2) is 45.7 Å². The van der Waals surface area contributed by atoms with Gasteiger partial charge < -0.3 is 20.1 Å². The topological polar surface area (TPSA) is 87.0 Å².